The molecule has 0 atom stereocenters. The van der Waals surface area contributed by atoms with E-state index in [-0.39, 0.29) is 12.0 Å². The quantitative estimate of drug-likeness (QED) is 0.213. The molecule has 6 aromatic rings. The number of nitrogens with zero attached hydrogens (tertiary/aromatic N) is 6. The second-order valence-corrected chi connectivity index (χ2v) is 8.82. The molecule has 0 amide bonds. The maximum atomic E-state index is 6.08. The molecule has 0 aliphatic rings. The highest BCUT2D eigenvalue weighted by Gasteiger charge is 2.13. The number of aromatic nitrogens is 6. The molecule has 2 aromatic heterocycles. The SMILES string of the molecule is COc1nc(OC)nc(-c2ccc(Oc3ccc(-c4nc(-c5ccccc5)nc(-c5ccccc5)n4)cc3)cc2)n1. The van der Waals surface area contributed by atoms with Crippen LogP contribution in [-0.4, -0.2) is 44.1 Å². The molecule has 9 heteroatoms. The molecule has 4 aromatic carbocycles. The molecule has 0 radical (unpaired) electrons. The van der Waals surface area contributed by atoms with E-state index in [0.29, 0.717) is 34.8 Å². The standard InChI is InChI=1S/C32H24N6O3/c1-39-31-36-30(37-32(38-31)40-2)24-15-19-26(20-16-24)41-25-17-13-23(14-18-25)29-34-27(21-9-5-3-6-10-21)33-28(35-29)22-11-7-4-8-12-22/h3-20H,1-2H3. The predicted octanol–water partition coefficient (Wildman–Crippen LogP) is 6.53. The molecule has 2 heterocycles. The Morgan fingerprint density at radius 1 is 0.366 bits per heavy atom. The van der Waals surface area contributed by atoms with Gasteiger partial charge in [-0.15, -0.1) is 4.98 Å². The molecule has 0 saturated carbocycles. The minimum Gasteiger partial charge on any atom is -0.467 e. The first-order chi connectivity index (χ1) is 20.2. The average molecular weight is 541 g/mol. The van der Waals surface area contributed by atoms with Crippen molar-refractivity contribution >= 4 is 0 Å². The van der Waals surface area contributed by atoms with Crippen molar-refractivity contribution in [3.05, 3.63) is 109 Å². The summed E-state index contributed by atoms with van der Waals surface area (Å²) in [6.45, 7) is 0. The van der Waals surface area contributed by atoms with Gasteiger partial charge in [-0.25, -0.2) is 15.0 Å². The van der Waals surface area contributed by atoms with Crippen LogP contribution < -0.4 is 14.2 Å². The number of benzene rings is 4. The van der Waals surface area contributed by atoms with E-state index < -0.39 is 0 Å². The zero-order valence-corrected chi connectivity index (χ0v) is 22.3. The summed E-state index contributed by atoms with van der Waals surface area (Å²) in [6.07, 6.45) is 0. The summed E-state index contributed by atoms with van der Waals surface area (Å²) in [7, 11) is 2.98. The van der Waals surface area contributed by atoms with Crippen molar-refractivity contribution in [3.63, 3.8) is 0 Å². The molecule has 0 unspecified atom stereocenters. The van der Waals surface area contributed by atoms with E-state index in [1.54, 1.807) is 0 Å². The molecular weight excluding hydrogens is 516 g/mol. The lowest BCUT2D eigenvalue weighted by atomic mass is 10.1. The zero-order chi connectivity index (χ0) is 28.0. The van der Waals surface area contributed by atoms with Gasteiger partial charge in [0.25, 0.3) is 0 Å². The molecule has 0 aliphatic carbocycles. The molecular formula is C32H24N6O3. The summed E-state index contributed by atoms with van der Waals surface area (Å²) in [6, 6.07) is 35.2. The van der Waals surface area contributed by atoms with Gasteiger partial charge in [-0.05, 0) is 48.5 Å². The summed E-state index contributed by atoms with van der Waals surface area (Å²) in [5.41, 5.74) is 3.46. The van der Waals surface area contributed by atoms with Gasteiger partial charge in [-0.2, -0.15) is 9.97 Å². The van der Waals surface area contributed by atoms with E-state index in [4.69, 9.17) is 29.2 Å². The van der Waals surface area contributed by atoms with Crippen LogP contribution in [0.15, 0.2) is 109 Å². The van der Waals surface area contributed by atoms with Gasteiger partial charge in [0.15, 0.2) is 23.3 Å². The smallest absolute Gasteiger partial charge is 0.322 e. The van der Waals surface area contributed by atoms with Crippen LogP contribution in [0.4, 0.5) is 0 Å². The Kier molecular flexibility index (Phi) is 7.23. The predicted molar refractivity (Wildman–Crippen MR) is 155 cm³/mol. The van der Waals surface area contributed by atoms with Crippen LogP contribution in [-0.2, 0) is 0 Å². The molecule has 0 spiro atoms. The topological polar surface area (TPSA) is 105 Å². The van der Waals surface area contributed by atoms with E-state index in [0.717, 1.165) is 22.3 Å². The van der Waals surface area contributed by atoms with Crippen molar-refractivity contribution in [1.82, 2.24) is 29.9 Å². The van der Waals surface area contributed by atoms with Crippen molar-refractivity contribution < 1.29 is 14.2 Å². The summed E-state index contributed by atoms with van der Waals surface area (Å²) in [5.74, 6) is 3.58. The molecule has 0 N–H and O–H groups in total. The molecule has 0 fully saturated rings. The van der Waals surface area contributed by atoms with E-state index in [1.165, 1.54) is 14.2 Å². The Balaban J connectivity index is 1.25. The largest absolute Gasteiger partial charge is 0.467 e. The lowest BCUT2D eigenvalue weighted by Crippen LogP contribution is -2.00. The van der Waals surface area contributed by atoms with Crippen molar-refractivity contribution in [2.24, 2.45) is 0 Å². The Labute approximate surface area is 236 Å². The van der Waals surface area contributed by atoms with E-state index >= 15 is 0 Å². The third-order valence-electron chi connectivity index (χ3n) is 6.12. The van der Waals surface area contributed by atoms with E-state index in [1.807, 2.05) is 109 Å². The summed E-state index contributed by atoms with van der Waals surface area (Å²) in [4.78, 5) is 26.9. The van der Waals surface area contributed by atoms with Crippen LogP contribution >= 0.6 is 0 Å². The van der Waals surface area contributed by atoms with Crippen LogP contribution in [0.25, 0.3) is 45.6 Å². The highest BCUT2D eigenvalue weighted by Crippen LogP contribution is 2.29. The van der Waals surface area contributed by atoms with Crippen LogP contribution in [0.3, 0.4) is 0 Å². The second-order valence-electron chi connectivity index (χ2n) is 8.82. The monoisotopic (exact) mass is 540 g/mol. The second kappa shape index (κ2) is 11.6. The number of rotatable bonds is 8. The number of hydrogen-bond acceptors (Lipinski definition) is 9. The van der Waals surface area contributed by atoms with Crippen molar-refractivity contribution in [3.8, 4) is 69.1 Å². The van der Waals surface area contributed by atoms with Gasteiger partial charge >= 0.3 is 12.0 Å². The van der Waals surface area contributed by atoms with Gasteiger partial charge < -0.3 is 14.2 Å². The van der Waals surface area contributed by atoms with Gasteiger partial charge in [-0.1, -0.05) is 60.7 Å². The Bertz CT molecular complexity index is 1680. The maximum Gasteiger partial charge on any atom is 0.322 e. The van der Waals surface area contributed by atoms with Gasteiger partial charge in [0.2, 0.25) is 0 Å². The Morgan fingerprint density at radius 2 is 0.707 bits per heavy atom. The molecule has 0 aliphatic heterocycles. The fourth-order valence-corrected chi connectivity index (χ4v) is 4.07. The molecule has 200 valence electrons. The highest BCUT2D eigenvalue weighted by atomic mass is 16.5. The van der Waals surface area contributed by atoms with Crippen LogP contribution in [0.5, 0.6) is 23.5 Å². The number of methoxy groups -OCH3 is 2. The summed E-state index contributed by atoms with van der Waals surface area (Å²) < 4.78 is 16.4. The molecule has 9 nitrogen and oxygen atoms in total. The first-order valence-corrected chi connectivity index (χ1v) is 12.8. The third kappa shape index (κ3) is 5.84. The molecule has 6 rings (SSSR count). The lowest BCUT2D eigenvalue weighted by Gasteiger charge is -2.10. The Hall–Kier alpha value is -5.70. The van der Waals surface area contributed by atoms with Gasteiger partial charge in [0.1, 0.15) is 11.5 Å². The Morgan fingerprint density at radius 3 is 1.07 bits per heavy atom. The van der Waals surface area contributed by atoms with E-state index in [9.17, 15) is 0 Å². The molecule has 0 saturated heterocycles. The lowest BCUT2D eigenvalue weighted by molar-refractivity contribution is 0.341. The van der Waals surface area contributed by atoms with E-state index in [2.05, 4.69) is 15.0 Å². The number of hydrogen-bond donors (Lipinski definition) is 0. The minimum atomic E-state index is 0.178. The fourth-order valence-electron chi connectivity index (χ4n) is 4.07. The molecule has 41 heavy (non-hydrogen) atoms. The average Bonchev–Trinajstić information content (AvgIpc) is 3.06. The van der Waals surface area contributed by atoms with Crippen molar-refractivity contribution in [1.29, 1.82) is 0 Å². The minimum absolute atomic E-state index is 0.178. The summed E-state index contributed by atoms with van der Waals surface area (Å²) >= 11 is 0. The van der Waals surface area contributed by atoms with Gasteiger partial charge in [0.05, 0.1) is 14.2 Å². The normalized spacial score (nSPS) is 10.7. The highest BCUT2D eigenvalue weighted by molar-refractivity contribution is 5.66. The van der Waals surface area contributed by atoms with Crippen LogP contribution in [0.2, 0.25) is 0 Å². The molecule has 0 bridgehead atoms. The zero-order valence-electron chi connectivity index (χ0n) is 22.3. The first-order valence-electron chi connectivity index (χ1n) is 12.8. The maximum absolute atomic E-state index is 6.08. The van der Waals surface area contributed by atoms with Crippen LogP contribution in [0.1, 0.15) is 0 Å². The van der Waals surface area contributed by atoms with Gasteiger partial charge in [-0.3, -0.25) is 0 Å². The first kappa shape index (κ1) is 25.6. The van der Waals surface area contributed by atoms with Crippen LogP contribution in [0, 0.1) is 0 Å². The van der Waals surface area contributed by atoms with Crippen molar-refractivity contribution in [2.45, 2.75) is 0 Å². The van der Waals surface area contributed by atoms with Gasteiger partial charge in [0, 0.05) is 22.3 Å². The summed E-state index contributed by atoms with van der Waals surface area (Å²) in [5, 5.41) is 0. The third-order valence-corrected chi connectivity index (χ3v) is 6.12. The number of ether oxygens (including phenoxy) is 3. The fraction of sp³-hybridized carbons (Fsp3) is 0.0625. The van der Waals surface area contributed by atoms with Crippen molar-refractivity contribution in [2.75, 3.05) is 14.2 Å².